The molecule has 12 aromatic rings. The fraction of sp³-hybridized carbons (Fsp3) is 0.352. The predicted molar refractivity (Wildman–Crippen MR) is 486 cm³/mol. The van der Waals surface area contributed by atoms with Crippen LogP contribution in [0, 0.1) is 5.41 Å². The first-order chi connectivity index (χ1) is 62.9. The summed E-state index contributed by atoms with van der Waals surface area (Å²) in [7, 11) is 0. The first kappa shape index (κ1) is 94.5. The van der Waals surface area contributed by atoms with Gasteiger partial charge in [0.15, 0.2) is 0 Å². The van der Waals surface area contributed by atoms with Crippen LogP contribution >= 0.6 is 0 Å². The zero-order chi connectivity index (χ0) is 90.4. The third-order valence-corrected chi connectivity index (χ3v) is 22.5. The molecule has 12 aromatic carbocycles. The van der Waals surface area contributed by atoms with Crippen LogP contribution in [0.4, 0.5) is 0 Å². The molecule has 672 valence electrons. The van der Waals surface area contributed by atoms with Gasteiger partial charge < -0.3 is 56.8 Å². The molecule has 0 aromatic heterocycles. The lowest BCUT2D eigenvalue weighted by Crippen LogP contribution is -2.44. The average Bonchev–Trinajstić information content (AvgIpc) is 0.794. The van der Waals surface area contributed by atoms with Crippen LogP contribution < -0.4 is 0 Å². The number of ether oxygens (including phenoxy) is 12. The largest absolute Gasteiger partial charge is 0.466 e. The van der Waals surface area contributed by atoms with Crippen LogP contribution in [0.5, 0.6) is 0 Å². The van der Waals surface area contributed by atoms with Crippen molar-refractivity contribution in [2.75, 3.05) is 52.9 Å². The Kier molecular flexibility index (Phi) is 36.2. The molecule has 0 atom stereocenters. The van der Waals surface area contributed by atoms with Gasteiger partial charge in [0.05, 0.1) is 77.8 Å². The Morgan fingerprint density at radius 3 is 0.504 bits per heavy atom. The molecule has 0 amide bonds. The number of fused-ring (bicyclic) bond motifs is 8. The van der Waals surface area contributed by atoms with Gasteiger partial charge in [-0.25, -0.2) is 0 Å². The minimum Gasteiger partial charge on any atom is -0.466 e. The van der Waals surface area contributed by atoms with Crippen molar-refractivity contribution >= 4 is 158 Å². The Hall–Kier alpha value is -13.6. The van der Waals surface area contributed by atoms with Crippen molar-refractivity contribution in [3.05, 3.63) is 241 Å². The maximum absolute atomic E-state index is 13.7. The fourth-order valence-corrected chi connectivity index (χ4v) is 15.5. The molecule has 129 heavy (non-hydrogen) atoms. The quantitative estimate of drug-likeness (QED) is 0.0148. The van der Waals surface area contributed by atoms with Crippen molar-refractivity contribution in [1.29, 1.82) is 0 Å². The van der Waals surface area contributed by atoms with Crippen LogP contribution in [0.1, 0.15) is 176 Å². The lowest BCUT2D eigenvalue weighted by molar-refractivity contribution is -0.171. The van der Waals surface area contributed by atoms with E-state index in [2.05, 4.69) is 24.3 Å². The fourth-order valence-electron chi connectivity index (χ4n) is 15.5. The van der Waals surface area contributed by atoms with Gasteiger partial charge in [0, 0.05) is 47.9 Å². The summed E-state index contributed by atoms with van der Waals surface area (Å²) in [5.41, 5.74) is 1.78. The molecule has 0 bridgehead atoms. The summed E-state index contributed by atoms with van der Waals surface area (Å²) in [6.45, 7) is -2.12. The minimum absolute atomic E-state index is 0.00944. The monoisotopic (exact) mass is 1750 g/mol. The highest BCUT2D eigenvalue weighted by atomic mass is 16.6. The summed E-state index contributed by atoms with van der Waals surface area (Å²) in [5.74, 6) is -7.41. The van der Waals surface area contributed by atoms with E-state index in [4.69, 9.17) is 56.8 Å². The summed E-state index contributed by atoms with van der Waals surface area (Å²) in [6, 6.07) is 71.0. The van der Waals surface area contributed by atoms with Gasteiger partial charge in [-0.05, 0) is 187 Å². The summed E-state index contributed by atoms with van der Waals surface area (Å²) in [6.07, 6.45) is 2.21. The minimum atomic E-state index is -1.66. The molecule has 0 saturated carbocycles. The molecule has 0 heterocycles. The highest BCUT2D eigenvalue weighted by molar-refractivity contribution is 6.06. The van der Waals surface area contributed by atoms with Crippen LogP contribution in [-0.4, -0.2) is 124 Å². The number of esters is 12. The predicted octanol–water partition coefficient (Wildman–Crippen LogP) is 19.9. The molecule has 0 spiro atoms. The van der Waals surface area contributed by atoms with Gasteiger partial charge in [0.1, 0.15) is 58.3 Å². The van der Waals surface area contributed by atoms with E-state index in [9.17, 15) is 57.5 Å². The summed E-state index contributed by atoms with van der Waals surface area (Å²) in [4.78, 5) is 158. The molecule has 0 aliphatic heterocycles. The van der Waals surface area contributed by atoms with Crippen LogP contribution in [0.2, 0.25) is 0 Å². The molecule has 0 aliphatic carbocycles. The van der Waals surface area contributed by atoms with Crippen molar-refractivity contribution < 1.29 is 114 Å². The van der Waals surface area contributed by atoms with Crippen molar-refractivity contribution in [3.8, 4) is 0 Å². The molecular formula is C105H108O24. The summed E-state index contributed by atoms with van der Waals surface area (Å²) < 4.78 is 67.7. The maximum Gasteiger partial charge on any atom is 0.306 e. The lowest BCUT2D eigenvalue weighted by atomic mass is 9.92. The van der Waals surface area contributed by atoms with Crippen molar-refractivity contribution in [3.63, 3.8) is 0 Å². The molecule has 0 radical (unpaired) electrons. The summed E-state index contributed by atoms with van der Waals surface area (Å²) in [5, 5.41) is 15.7. The van der Waals surface area contributed by atoms with E-state index in [0.717, 1.165) is 108 Å². The second-order valence-corrected chi connectivity index (χ2v) is 32.1. The van der Waals surface area contributed by atoms with Crippen LogP contribution in [0.25, 0.3) is 86.2 Å². The van der Waals surface area contributed by atoms with E-state index in [1.54, 1.807) is 0 Å². The van der Waals surface area contributed by atoms with Gasteiger partial charge in [-0.2, -0.15) is 0 Å². The highest BCUT2D eigenvalue weighted by Gasteiger charge is 2.38. The summed E-state index contributed by atoms with van der Waals surface area (Å²) >= 11 is 0. The van der Waals surface area contributed by atoms with E-state index in [1.807, 2.05) is 194 Å². The van der Waals surface area contributed by atoms with Gasteiger partial charge in [-0.1, -0.05) is 194 Å². The van der Waals surface area contributed by atoms with Crippen LogP contribution in [0.15, 0.2) is 218 Å². The third kappa shape index (κ3) is 29.2. The number of rotatable bonds is 52. The Labute approximate surface area is 747 Å². The Balaban J connectivity index is 0.608. The number of carbonyl (C=O) groups is 12. The smallest absolute Gasteiger partial charge is 0.306 e. The van der Waals surface area contributed by atoms with Gasteiger partial charge in [0.2, 0.25) is 0 Å². The van der Waals surface area contributed by atoms with E-state index in [-0.39, 0.29) is 156 Å². The third-order valence-electron chi connectivity index (χ3n) is 22.5. The maximum atomic E-state index is 13.7. The standard InChI is InChI=1S/C105H108O24/c106-93(45-5-1-25-57-118-97(110)49-53-101(114)122-65-89-81-37-17-9-29-73(81)61-74-30-10-18-38-82(74)89)126-69-105(70-127-94(107)46-6-2-26-58-119-98(111)50-54-102(115)123-66-90-83-39-19-11-31-75(83)62-76-32-12-20-40-84(76)90,71-128-95(108)47-7-3-27-59-120-99(112)51-55-103(116)124-67-91-85-41-21-13-33-77(85)63-78-34-14-22-42-86(78)91)72-129-96(109)48-8-4-28-60-121-100(113)52-56-104(117)125-68-92-87-43-23-15-35-79(87)64-80-36-16-24-44-88(80)92/h9-24,29-44,61-64H,1-8,25-28,45-60,65-72H2. The average molecular weight is 1750 g/mol. The number of unbranched alkanes of at least 4 members (excludes halogenated alkanes) is 8. The van der Waals surface area contributed by atoms with E-state index in [1.165, 1.54) is 0 Å². The number of hydrogen-bond acceptors (Lipinski definition) is 24. The van der Waals surface area contributed by atoms with Crippen LogP contribution in [0.3, 0.4) is 0 Å². The Morgan fingerprint density at radius 2 is 0.326 bits per heavy atom. The second-order valence-electron chi connectivity index (χ2n) is 32.1. The second kappa shape index (κ2) is 49.5. The van der Waals surface area contributed by atoms with Gasteiger partial charge in [-0.3, -0.25) is 57.5 Å². The molecule has 24 nitrogen and oxygen atoms in total. The SMILES string of the molecule is O=C(CCC(=O)OCc1c2ccccc2cc2ccccc12)OCCCCCC(=O)OCC(COC(=O)CCCCCOC(=O)CCC(=O)OCc1c2ccccc2cc2ccccc12)(COC(=O)CCCCCOC(=O)CCC(=O)OCc1c2ccccc2cc2ccccc12)COC(=O)CCCCCOC(=O)CCC(=O)OCc1c2ccccc2cc2ccccc12. The topological polar surface area (TPSA) is 316 Å². The molecule has 0 unspecified atom stereocenters. The highest BCUT2D eigenvalue weighted by Crippen LogP contribution is 2.35. The molecule has 12 rings (SSSR count). The molecule has 0 fully saturated rings. The van der Waals surface area contributed by atoms with Crippen molar-refractivity contribution in [2.45, 2.75) is 181 Å². The van der Waals surface area contributed by atoms with E-state index < -0.39 is 103 Å². The number of benzene rings is 12. The van der Waals surface area contributed by atoms with Gasteiger partial charge in [0.25, 0.3) is 0 Å². The first-order valence-electron chi connectivity index (χ1n) is 44.4. The first-order valence-corrected chi connectivity index (χ1v) is 44.4. The zero-order valence-corrected chi connectivity index (χ0v) is 72.5. The molecule has 24 heteroatoms. The molecule has 0 N–H and O–H groups in total. The van der Waals surface area contributed by atoms with Crippen molar-refractivity contribution in [2.24, 2.45) is 5.41 Å². The normalized spacial score (nSPS) is 11.3. The van der Waals surface area contributed by atoms with E-state index in [0.29, 0.717) is 51.4 Å². The molecule has 0 aliphatic rings. The van der Waals surface area contributed by atoms with E-state index >= 15 is 0 Å². The number of carbonyl (C=O) groups excluding carboxylic acids is 12. The number of hydrogen-bond donors (Lipinski definition) is 0. The zero-order valence-electron chi connectivity index (χ0n) is 72.5. The van der Waals surface area contributed by atoms with Gasteiger partial charge >= 0.3 is 71.6 Å². The van der Waals surface area contributed by atoms with Crippen LogP contribution in [-0.2, 0) is 141 Å². The molecule has 0 saturated heterocycles. The van der Waals surface area contributed by atoms with Gasteiger partial charge in [-0.15, -0.1) is 0 Å². The van der Waals surface area contributed by atoms with Crippen molar-refractivity contribution in [1.82, 2.24) is 0 Å². The lowest BCUT2D eigenvalue weighted by Gasteiger charge is -2.31. The Morgan fingerprint density at radius 1 is 0.171 bits per heavy atom. The molecular weight excluding hydrogens is 1650 g/mol. The Bertz CT molecular complexity index is 5010.